The van der Waals surface area contributed by atoms with Crippen LogP contribution in [0.5, 0.6) is 0 Å². The molecule has 0 aliphatic heterocycles. The largest absolute Gasteiger partial charge is 0.383 e. The first-order valence-electron chi connectivity index (χ1n) is 5.38. The molecule has 0 saturated heterocycles. The van der Waals surface area contributed by atoms with E-state index in [2.05, 4.69) is 20.2 Å². The first kappa shape index (κ1) is 11.1. The summed E-state index contributed by atoms with van der Waals surface area (Å²) in [7, 11) is 0. The Kier molecular flexibility index (Phi) is 2.47. The molecule has 94 valence electrons. The number of nitrogens with zero attached hydrogens (tertiary/aromatic N) is 4. The third-order valence-electron chi connectivity index (χ3n) is 2.52. The molecule has 0 aromatic carbocycles. The number of rotatable bonds is 3. The van der Waals surface area contributed by atoms with Crippen LogP contribution in [0.25, 0.3) is 0 Å². The van der Waals surface area contributed by atoms with Crippen molar-refractivity contribution in [2.45, 2.75) is 29.1 Å². The van der Waals surface area contributed by atoms with E-state index in [-0.39, 0.29) is 17.7 Å². The topological polar surface area (TPSA) is 128 Å². The lowest BCUT2D eigenvalue weighted by Crippen LogP contribution is -2.16. The number of anilines is 2. The molecule has 2 heterocycles. The molecule has 0 radical (unpaired) electrons. The van der Waals surface area contributed by atoms with Crippen LogP contribution in [0.4, 0.5) is 11.8 Å². The van der Waals surface area contributed by atoms with Gasteiger partial charge in [0.05, 0.1) is 0 Å². The third kappa shape index (κ3) is 2.04. The summed E-state index contributed by atoms with van der Waals surface area (Å²) < 4.78 is 1.64. The summed E-state index contributed by atoms with van der Waals surface area (Å²) in [5.74, 6) is 0.397. The first-order valence-corrected chi connectivity index (χ1v) is 6.20. The van der Waals surface area contributed by atoms with Gasteiger partial charge in [-0.05, 0) is 24.6 Å². The van der Waals surface area contributed by atoms with Gasteiger partial charge in [-0.2, -0.15) is 4.98 Å². The molecule has 1 aliphatic rings. The van der Waals surface area contributed by atoms with Crippen LogP contribution in [0.15, 0.2) is 21.0 Å². The highest BCUT2D eigenvalue weighted by atomic mass is 32.2. The molecule has 0 atom stereocenters. The summed E-state index contributed by atoms with van der Waals surface area (Å²) in [5, 5.41) is 7.56. The fraction of sp³-hybridized carbons (Fsp3) is 0.333. The molecule has 0 bridgehead atoms. The van der Waals surface area contributed by atoms with Crippen LogP contribution in [0, 0.1) is 0 Å². The monoisotopic (exact) mass is 265 g/mol. The van der Waals surface area contributed by atoms with Gasteiger partial charge in [0, 0.05) is 12.1 Å². The van der Waals surface area contributed by atoms with E-state index in [4.69, 9.17) is 11.5 Å². The Morgan fingerprint density at radius 1 is 1.39 bits per heavy atom. The maximum absolute atomic E-state index is 11.6. The smallest absolute Gasteiger partial charge is 0.344 e. The normalized spacial score (nSPS) is 14.9. The van der Waals surface area contributed by atoms with E-state index in [1.54, 1.807) is 10.6 Å². The fourth-order valence-electron chi connectivity index (χ4n) is 1.62. The van der Waals surface area contributed by atoms with Gasteiger partial charge >= 0.3 is 5.69 Å². The van der Waals surface area contributed by atoms with Crippen molar-refractivity contribution in [3.05, 3.63) is 16.6 Å². The van der Waals surface area contributed by atoms with Crippen LogP contribution >= 0.6 is 11.8 Å². The molecule has 2 aromatic rings. The average Bonchev–Trinajstić information content (AvgIpc) is 3.04. The van der Waals surface area contributed by atoms with Crippen LogP contribution in [-0.2, 0) is 0 Å². The number of aromatic amines is 1. The molecule has 1 fully saturated rings. The molecule has 0 amide bonds. The van der Waals surface area contributed by atoms with Crippen molar-refractivity contribution in [1.82, 2.24) is 24.7 Å². The van der Waals surface area contributed by atoms with Crippen LogP contribution in [-0.4, -0.2) is 24.7 Å². The van der Waals surface area contributed by atoms with Crippen LogP contribution in [0.1, 0.15) is 18.9 Å². The summed E-state index contributed by atoms with van der Waals surface area (Å²) in [6.07, 6.45) is 2.00. The van der Waals surface area contributed by atoms with Gasteiger partial charge in [-0.25, -0.2) is 14.9 Å². The highest BCUT2D eigenvalue weighted by molar-refractivity contribution is 7.99. The first-order chi connectivity index (χ1) is 8.63. The number of hydrogen-bond acceptors (Lipinski definition) is 7. The van der Waals surface area contributed by atoms with E-state index in [0.29, 0.717) is 16.0 Å². The van der Waals surface area contributed by atoms with Gasteiger partial charge in [0.15, 0.2) is 5.16 Å². The predicted molar refractivity (Wildman–Crippen MR) is 66.1 cm³/mol. The molecule has 1 saturated carbocycles. The summed E-state index contributed by atoms with van der Waals surface area (Å²) in [5.41, 5.74) is 10.9. The van der Waals surface area contributed by atoms with Gasteiger partial charge in [-0.1, -0.05) is 0 Å². The predicted octanol–water partition coefficient (Wildman–Crippen LogP) is 0.0119. The lowest BCUT2D eigenvalue weighted by Gasteiger charge is -2.03. The maximum atomic E-state index is 11.6. The van der Waals surface area contributed by atoms with Gasteiger partial charge in [0.2, 0.25) is 5.95 Å². The van der Waals surface area contributed by atoms with Gasteiger partial charge in [-0.15, -0.1) is 5.10 Å². The molecule has 5 N–H and O–H groups in total. The number of nitrogen functional groups attached to an aromatic ring is 2. The Balaban J connectivity index is 1.94. The molecule has 1 aliphatic carbocycles. The van der Waals surface area contributed by atoms with E-state index in [1.165, 1.54) is 11.8 Å². The Morgan fingerprint density at radius 3 is 2.83 bits per heavy atom. The zero-order valence-corrected chi connectivity index (χ0v) is 10.1. The Bertz CT molecular complexity index is 624. The Morgan fingerprint density at radius 2 is 2.17 bits per heavy atom. The minimum Gasteiger partial charge on any atom is -0.383 e. The number of nitrogens with two attached hydrogens (primary N) is 2. The number of hydrogen-bond donors (Lipinski definition) is 3. The SMILES string of the molecule is Nc1cc(Sc2n[nH]c(=O)n2C2CC2)nc(N)n1. The number of aromatic nitrogens is 5. The van der Waals surface area contributed by atoms with E-state index < -0.39 is 0 Å². The van der Waals surface area contributed by atoms with Crippen molar-refractivity contribution >= 4 is 23.5 Å². The summed E-state index contributed by atoms with van der Waals surface area (Å²) in [6.45, 7) is 0. The zero-order valence-electron chi connectivity index (χ0n) is 9.33. The van der Waals surface area contributed by atoms with Crippen molar-refractivity contribution in [2.75, 3.05) is 11.5 Å². The quantitative estimate of drug-likeness (QED) is 0.667. The second-order valence-electron chi connectivity index (χ2n) is 4.00. The van der Waals surface area contributed by atoms with Crippen molar-refractivity contribution in [3.8, 4) is 0 Å². The van der Waals surface area contributed by atoms with Crippen molar-refractivity contribution in [3.63, 3.8) is 0 Å². The number of H-pyrrole nitrogens is 1. The zero-order chi connectivity index (χ0) is 12.7. The fourth-order valence-corrected chi connectivity index (χ4v) is 2.55. The van der Waals surface area contributed by atoms with E-state index in [0.717, 1.165) is 12.8 Å². The van der Waals surface area contributed by atoms with Crippen LogP contribution in [0.3, 0.4) is 0 Å². The van der Waals surface area contributed by atoms with E-state index >= 15 is 0 Å². The lowest BCUT2D eigenvalue weighted by molar-refractivity contribution is 0.642. The standard InChI is InChI=1S/C9H11N7OS/c10-5-3-6(13-7(11)12-5)18-9-15-14-8(17)16(9)4-1-2-4/h3-4H,1-2H2,(H,14,17)(H4,10,11,12,13). The summed E-state index contributed by atoms with van der Waals surface area (Å²) >= 11 is 1.24. The third-order valence-corrected chi connectivity index (χ3v) is 3.41. The van der Waals surface area contributed by atoms with Crippen LogP contribution < -0.4 is 17.2 Å². The molecule has 8 nitrogen and oxygen atoms in total. The highest BCUT2D eigenvalue weighted by Crippen LogP contribution is 2.37. The van der Waals surface area contributed by atoms with Crippen molar-refractivity contribution in [1.29, 1.82) is 0 Å². The van der Waals surface area contributed by atoms with Crippen molar-refractivity contribution in [2.24, 2.45) is 0 Å². The highest BCUT2D eigenvalue weighted by Gasteiger charge is 2.28. The maximum Gasteiger partial charge on any atom is 0.344 e. The van der Waals surface area contributed by atoms with Gasteiger partial charge < -0.3 is 11.5 Å². The molecule has 3 rings (SSSR count). The second kappa shape index (κ2) is 4.02. The van der Waals surface area contributed by atoms with Gasteiger partial charge in [-0.3, -0.25) is 4.57 Å². The minimum absolute atomic E-state index is 0.105. The molecule has 2 aromatic heterocycles. The van der Waals surface area contributed by atoms with E-state index in [1.807, 2.05) is 0 Å². The molecule has 0 spiro atoms. The van der Waals surface area contributed by atoms with Gasteiger partial charge in [0.25, 0.3) is 0 Å². The lowest BCUT2D eigenvalue weighted by atomic mass is 10.6. The molecule has 0 unspecified atom stereocenters. The average molecular weight is 265 g/mol. The van der Waals surface area contributed by atoms with E-state index in [9.17, 15) is 4.79 Å². The Labute approximate surface area is 106 Å². The molecule has 9 heteroatoms. The number of nitrogens with one attached hydrogen (secondary N) is 1. The minimum atomic E-state index is -0.199. The van der Waals surface area contributed by atoms with Crippen molar-refractivity contribution < 1.29 is 0 Å². The van der Waals surface area contributed by atoms with Gasteiger partial charge in [0.1, 0.15) is 10.8 Å². The second-order valence-corrected chi connectivity index (χ2v) is 4.99. The molecule has 18 heavy (non-hydrogen) atoms. The summed E-state index contributed by atoms with van der Waals surface area (Å²) in [4.78, 5) is 19.4. The summed E-state index contributed by atoms with van der Waals surface area (Å²) in [6, 6.07) is 1.84. The molecular formula is C9H11N7OS. The molecular weight excluding hydrogens is 254 g/mol. The van der Waals surface area contributed by atoms with Crippen LogP contribution in [0.2, 0.25) is 0 Å². The Hall–Kier alpha value is -2.03.